The van der Waals surface area contributed by atoms with Crippen molar-refractivity contribution in [1.29, 1.82) is 0 Å². The van der Waals surface area contributed by atoms with Crippen LogP contribution < -0.4 is 5.43 Å². The van der Waals surface area contributed by atoms with E-state index in [0.717, 1.165) is 11.4 Å². The topological polar surface area (TPSA) is 105 Å². The first-order valence-electron chi connectivity index (χ1n) is 7.69. The van der Waals surface area contributed by atoms with Crippen molar-refractivity contribution in [2.24, 2.45) is 20.6 Å². The van der Waals surface area contributed by atoms with Gasteiger partial charge < -0.3 is 0 Å². The molecule has 0 unspecified atom stereocenters. The van der Waals surface area contributed by atoms with E-state index in [1.54, 1.807) is 24.3 Å². The van der Waals surface area contributed by atoms with Crippen molar-refractivity contribution in [2.45, 2.75) is 0 Å². The summed E-state index contributed by atoms with van der Waals surface area (Å²) in [6.07, 6.45) is 0. The highest BCUT2D eigenvalue weighted by Crippen LogP contribution is 2.21. The Balaban J connectivity index is 1.57. The Kier molecular flexibility index (Phi) is 5.36. The molecule has 8 nitrogen and oxygen atoms in total. The standard InChI is InChI=1S/C18H14N6O2/c25-24(26)18-12-10-17(11-13-18)22-23-21-16-8-6-15(7-9-16)20-19-14-4-2-1-3-5-14/h1-13H,(H,21,22)/b20-19+. The van der Waals surface area contributed by atoms with Crippen molar-refractivity contribution < 1.29 is 4.92 Å². The number of hydrogen-bond donors (Lipinski definition) is 1. The zero-order chi connectivity index (χ0) is 18.2. The molecule has 0 saturated heterocycles. The fourth-order valence-corrected chi connectivity index (χ4v) is 1.99. The summed E-state index contributed by atoms with van der Waals surface area (Å²) in [4.78, 5) is 10.1. The van der Waals surface area contributed by atoms with Crippen LogP contribution in [0.1, 0.15) is 0 Å². The van der Waals surface area contributed by atoms with Gasteiger partial charge in [0.2, 0.25) is 0 Å². The number of nitrogens with one attached hydrogen (secondary N) is 1. The molecule has 0 bridgehead atoms. The van der Waals surface area contributed by atoms with E-state index in [2.05, 4.69) is 26.0 Å². The van der Waals surface area contributed by atoms with E-state index in [0.29, 0.717) is 11.4 Å². The zero-order valence-corrected chi connectivity index (χ0v) is 13.6. The maximum atomic E-state index is 10.6. The van der Waals surface area contributed by atoms with Crippen LogP contribution in [0.15, 0.2) is 99.4 Å². The Bertz CT molecular complexity index is 922. The number of benzene rings is 3. The maximum Gasteiger partial charge on any atom is 0.269 e. The molecule has 0 aliphatic heterocycles. The number of nitrogens with zero attached hydrogens (tertiary/aromatic N) is 5. The van der Waals surface area contributed by atoms with Gasteiger partial charge in [-0.3, -0.25) is 15.5 Å². The quantitative estimate of drug-likeness (QED) is 0.330. The second-order valence-corrected chi connectivity index (χ2v) is 5.17. The Morgan fingerprint density at radius 1 is 0.692 bits per heavy atom. The van der Waals surface area contributed by atoms with Gasteiger partial charge in [-0.15, -0.1) is 5.11 Å². The lowest BCUT2D eigenvalue weighted by Gasteiger charge is -1.99. The number of nitro benzene ring substituents is 1. The molecule has 0 fully saturated rings. The van der Waals surface area contributed by atoms with E-state index in [1.165, 1.54) is 24.3 Å². The van der Waals surface area contributed by atoms with Gasteiger partial charge in [0, 0.05) is 12.1 Å². The van der Waals surface area contributed by atoms with Crippen LogP contribution >= 0.6 is 0 Å². The monoisotopic (exact) mass is 346 g/mol. The number of rotatable bonds is 6. The average molecular weight is 346 g/mol. The first-order valence-corrected chi connectivity index (χ1v) is 7.69. The first-order chi connectivity index (χ1) is 12.7. The molecule has 0 radical (unpaired) electrons. The normalized spacial score (nSPS) is 11.1. The molecule has 3 aromatic carbocycles. The summed E-state index contributed by atoms with van der Waals surface area (Å²) in [7, 11) is 0. The second kappa shape index (κ2) is 8.25. The molecule has 0 aliphatic carbocycles. The Morgan fingerprint density at radius 2 is 1.23 bits per heavy atom. The third-order valence-corrected chi connectivity index (χ3v) is 3.31. The van der Waals surface area contributed by atoms with E-state index < -0.39 is 4.92 Å². The first kappa shape index (κ1) is 16.9. The third-order valence-electron chi connectivity index (χ3n) is 3.31. The summed E-state index contributed by atoms with van der Waals surface area (Å²) in [6, 6.07) is 22.5. The fraction of sp³-hybridized carbons (Fsp3) is 0. The van der Waals surface area contributed by atoms with Crippen molar-refractivity contribution in [1.82, 2.24) is 0 Å². The van der Waals surface area contributed by atoms with Gasteiger partial charge in [-0.2, -0.15) is 10.2 Å². The highest BCUT2D eigenvalue weighted by molar-refractivity contribution is 5.50. The molecule has 0 aliphatic rings. The lowest BCUT2D eigenvalue weighted by atomic mass is 10.3. The van der Waals surface area contributed by atoms with E-state index in [4.69, 9.17) is 0 Å². The second-order valence-electron chi connectivity index (χ2n) is 5.17. The van der Waals surface area contributed by atoms with Gasteiger partial charge in [-0.25, -0.2) is 0 Å². The number of anilines is 1. The van der Waals surface area contributed by atoms with Crippen LogP contribution in [0, 0.1) is 10.1 Å². The smallest absolute Gasteiger partial charge is 0.260 e. The van der Waals surface area contributed by atoms with Gasteiger partial charge in [-0.05, 0) is 48.5 Å². The van der Waals surface area contributed by atoms with Crippen LogP contribution in [0.5, 0.6) is 0 Å². The number of nitro groups is 1. The Labute approximate surface area is 149 Å². The molecule has 128 valence electrons. The van der Waals surface area contributed by atoms with Crippen LogP contribution in [0.25, 0.3) is 0 Å². The molecular weight excluding hydrogens is 332 g/mol. The Morgan fingerprint density at radius 3 is 1.85 bits per heavy atom. The van der Waals surface area contributed by atoms with Crippen molar-refractivity contribution in [2.75, 3.05) is 5.43 Å². The van der Waals surface area contributed by atoms with Crippen molar-refractivity contribution in [3.63, 3.8) is 0 Å². The summed E-state index contributed by atoms with van der Waals surface area (Å²) >= 11 is 0. The summed E-state index contributed by atoms with van der Waals surface area (Å²) in [5, 5.41) is 26.7. The molecule has 0 amide bonds. The van der Waals surface area contributed by atoms with Crippen LogP contribution in [-0.2, 0) is 0 Å². The summed E-state index contributed by atoms with van der Waals surface area (Å²) in [6.45, 7) is 0. The highest BCUT2D eigenvalue weighted by atomic mass is 16.6. The van der Waals surface area contributed by atoms with Crippen molar-refractivity contribution >= 4 is 28.4 Å². The lowest BCUT2D eigenvalue weighted by Crippen LogP contribution is -1.86. The van der Waals surface area contributed by atoms with Gasteiger partial charge in [-0.1, -0.05) is 23.4 Å². The molecule has 8 heteroatoms. The van der Waals surface area contributed by atoms with Crippen LogP contribution in [0.2, 0.25) is 0 Å². The van der Waals surface area contributed by atoms with E-state index in [-0.39, 0.29) is 5.69 Å². The molecule has 0 atom stereocenters. The van der Waals surface area contributed by atoms with Crippen LogP contribution in [0.4, 0.5) is 28.4 Å². The molecule has 0 saturated carbocycles. The highest BCUT2D eigenvalue weighted by Gasteiger charge is 2.02. The van der Waals surface area contributed by atoms with Crippen LogP contribution in [0.3, 0.4) is 0 Å². The van der Waals surface area contributed by atoms with E-state index in [9.17, 15) is 10.1 Å². The minimum atomic E-state index is -0.462. The van der Waals surface area contributed by atoms with Crippen molar-refractivity contribution in [3.8, 4) is 0 Å². The predicted molar refractivity (Wildman–Crippen MR) is 98.3 cm³/mol. The average Bonchev–Trinajstić information content (AvgIpc) is 2.68. The number of non-ortho nitro benzene ring substituents is 1. The molecular formula is C18H14N6O2. The maximum absolute atomic E-state index is 10.6. The molecule has 0 spiro atoms. The largest absolute Gasteiger partial charge is 0.269 e. The molecule has 1 N–H and O–H groups in total. The SMILES string of the molecule is O=[N+]([O-])c1ccc(/N=N\Nc2ccc(/N=N/c3ccccc3)cc2)cc1. The van der Waals surface area contributed by atoms with Gasteiger partial charge in [0.05, 0.1) is 27.7 Å². The zero-order valence-electron chi connectivity index (χ0n) is 13.6. The lowest BCUT2D eigenvalue weighted by molar-refractivity contribution is -0.384. The van der Waals surface area contributed by atoms with Gasteiger partial charge in [0.15, 0.2) is 0 Å². The predicted octanol–water partition coefficient (Wildman–Crippen LogP) is 6.12. The van der Waals surface area contributed by atoms with Crippen LogP contribution in [-0.4, -0.2) is 4.92 Å². The summed E-state index contributed by atoms with van der Waals surface area (Å²) in [5.74, 6) is 0. The number of hydrogen-bond acceptors (Lipinski definition) is 6. The third kappa shape index (κ3) is 4.78. The minimum Gasteiger partial charge on any atom is -0.260 e. The summed E-state index contributed by atoms with van der Waals surface area (Å²) in [5.41, 5.74) is 5.53. The van der Waals surface area contributed by atoms with Gasteiger partial charge >= 0.3 is 0 Å². The minimum absolute atomic E-state index is 0.0113. The molecule has 3 rings (SSSR count). The van der Waals surface area contributed by atoms with Gasteiger partial charge in [0.1, 0.15) is 0 Å². The Hall–Kier alpha value is -3.94. The molecule has 0 aromatic heterocycles. The van der Waals surface area contributed by atoms with E-state index >= 15 is 0 Å². The molecule has 26 heavy (non-hydrogen) atoms. The molecule has 0 heterocycles. The van der Waals surface area contributed by atoms with Crippen molar-refractivity contribution in [3.05, 3.63) is 89.0 Å². The summed E-state index contributed by atoms with van der Waals surface area (Å²) < 4.78 is 0. The van der Waals surface area contributed by atoms with E-state index in [1.807, 2.05) is 30.3 Å². The molecule has 3 aromatic rings. The fourth-order valence-electron chi connectivity index (χ4n) is 1.99. The van der Waals surface area contributed by atoms with Gasteiger partial charge in [0.25, 0.3) is 5.69 Å². The number of azo groups is 1.